The average Bonchev–Trinajstić information content (AvgIpc) is 2.02. The molecule has 1 amide bonds. The van der Waals surface area contributed by atoms with Crippen molar-refractivity contribution in [2.45, 2.75) is 19.4 Å². The van der Waals surface area contributed by atoms with Gasteiger partial charge in [0.2, 0.25) is 5.91 Å². The van der Waals surface area contributed by atoms with Gasteiger partial charge in [0, 0.05) is 24.9 Å². The minimum Gasteiger partial charge on any atom is -0.338 e. The molecule has 1 aliphatic rings. The number of carbonyl (C=O) groups is 1. The maximum atomic E-state index is 11.5. The van der Waals surface area contributed by atoms with Crippen molar-refractivity contribution >= 4 is 27.3 Å². The third-order valence-electron chi connectivity index (χ3n) is 2.30. The van der Waals surface area contributed by atoms with Gasteiger partial charge in [0.25, 0.3) is 0 Å². The predicted molar refractivity (Wildman–Crippen MR) is 55.2 cm³/mol. The van der Waals surface area contributed by atoms with Crippen LogP contribution < -0.4 is 0 Å². The molecule has 1 rings (SSSR count). The van der Waals surface area contributed by atoms with E-state index in [-0.39, 0.29) is 35.8 Å². The fourth-order valence-corrected chi connectivity index (χ4v) is 3.31. The van der Waals surface area contributed by atoms with Crippen LogP contribution in [0.15, 0.2) is 0 Å². The largest absolute Gasteiger partial charge is 0.338 e. The van der Waals surface area contributed by atoms with Crippen LogP contribution >= 0.6 is 11.6 Å². The van der Waals surface area contributed by atoms with Crippen molar-refractivity contribution in [3.05, 3.63) is 0 Å². The summed E-state index contributed by atoms with van der Waals surface area (Å²) >= 11 is 5.45. The average molecular weight is 240 g/mol. The van der Waals surface area contributed by atoms with Gasteiger partial charge in [-0.15, -0.1) is 11.6 Å². The predicted octanol–water partition coefficient (Wildman–Crippen LogP) is 0.261. The molecule has 0 aromatic heterocycles. The maximum absolute atomic E-state index is 11.5. The van der Waals surface area contributed by atoms with E-state index in [1.807, 2.05) is 0 Å². The zero-order valence-corrected chi connectivity index (χ0v) is 9.64. The fourth-order valence-electron chi connectivity index (χ4n) is 1.59. The highest BCUT2D eigenvalue weighted by molar-refractivity contribution is 7.91. The molecule has 1 saturated heterocycles. The highest BCUT2D eigenvalue weighted by Gasteiger charge is 2.30. The van der Waals surface area contributed by atoms with Gasteiger partial charge in [-0.3, -0.25) is 4.79 Å². The number of amides is 1. The molecule has 1 aliphatic heterocycles. The van der Waals surface area contributed by atoms with E-state index in [1.165, 1.54) is 0 Å². The summed E-state index contributed by atoms with van der Waals surface area (Å²) in [5.74, 6) is 0.378. The Hall–Kier alpha value is -0.290. The van der Waals surface area contributed by atoms with Crippen LogP contribution in [0.1, 0.15) is 13.3 Å². The third-order valence-corrected chi connectivity index (χ3v) is 4.28. The Kier molecular flexibility index (Phi) is 3.78. The SMILES string of the molecule is CC1CS(=O)(=O)CCN1C(=O)CCCl. The monoisotopic (exact) mass is 239 g/mol. The third kappa shape index (κ3) is 2.85. The van der Waals surface area contributed by atoms with E-state index in [0.29, 0.717) is 6.54 Å². The second-order valence-corrected chi connectivity index (χ2v) is 6.10. The van der Waals surface area contributed by atoms with Gasteiger partial charge >= 0.3 is 0 Å². The van der Waals surface area contributed by atoms with Crippen molar-refractivity contribution in [2.75, 3.05) is 23.9 Å². The van der Waals surface area contributed by atoms with Gasteiger partial charge in [0.05, 0.1) is 11.5 Å². The van der Waals surface area contributed by atoms with Crippen LogP contribution in [0.5, 0.6) is 0 Å². The first-order valence-electron chi connectivity index (χ1n) is 4.52. The van der Waals surface area contributed by atoms with Crippen molar-refractivity contribution < 1.29 is 13.2 Å². The van der Waals surface area contributed by atoms with Gasteiger partial charge in [-0.1, -0.05) is 0 Å². The Bertz CT molecular complexity index is 315. The summed E-state index contributed by atoms with van der Waals surface area (Å²) in [6, 6.07) is -0.218. The molecule has 0 saturated carbocycles. The number of hydrogen-bond acceptors (Lipinski definition) is 3. The number of carbonyl (C=O) groups excluding carboxylic acids is 1. The molecule has 6 heteroatoms. The van der Waals surface area contributed by atoms with E-state index >= 15 is 0 Å². The van der Waals surface area contributed by atoms with Gasteiger partial charge in [-0.25, -0.2) is 8.42 Å². The van der Waals surface area contributed by atoms with Crippen molar-refractivity contribution in [1.82, 2.24) is 4.90 Å². The Morgan fingerprint density at radius 3 is 2.71 bits per heavy atom. The number of halogens is 1. The Morgan fingerprint density at radius 1 is 1.57 bits per heavy atom. The summed E-state index contributed by atoms with van der Waals surface area (Å²) in [6.45, 7) is 2.06. The summed E-state index contributed by atoms with van der Waals surface area (Å²) in [7, 11) is -2.94. The topological polar surface area (TPSA) is 54.5 Å². The fraction of sp³-hybridized carbons (Fsp3) is 0.875. The smallest absolute Gasteiger partial charge is 0.224 e. The minimum atomic E-state index is -2.94. The zero-order chi connectivity index (χ0) is 10.8. The van der Waals surface area contributed by atoms with Crippen molar-refractivity contribution in [2.24, 2.45) is 0 Å². The van der Waals surface area contributed by atoms with Gasteiger partial charge in [0.15, 0.2) is 9.84 Å². The summed E-state index contributed by atoms with van der Waals surface area (Å²) < 4.78 is 22.4. The second kappa shape index (κ2) is 4.49. The first-order chi connectivity index (χ1) is 6.46. The van der Waals surface area contributed by atoms with Crippen LogP contribution in [-0.4, -0.2) is 49.2 Å². The van der Waals surface area contributed by atoms with Crippen LogP contribution in [0.2, 0.25) is 0 Å². The molecular weight excluding hydrogens is 226 g/mol. The van der Waals surface area contributed by atoms with Gasteiger partial charge < -0.3 is 4.90 Å². The molecule has 0 bridgehead atoms. The molecule has 0 aliphatic carbocycles. The normalized spacial score (nSPS) is 26.1. The molecule has 82 valence electrons. The number of nitrogens with zero attached hydrogens (tertiary/aromatic N) is 1. The molecule has 0 aromatic carbocycles. The van der Waals surface area contributed by atoms with Crippen molar-refractivity contribution in [1.29, 1.82) is 0 Å². The lowest BCUT2D eigenvalue weighted by Crippen LogP contribution is -2.49. The van der Waals surface area contributed by atoms with E-state index in [1.54, 1.807) is 11.8 Å². The van der Waals surface area contributed by atoms with Gasteiger partial charge in [-0.05, 0) is 6.92 Å². The minimum absolute atomic E-state index is 0.0533. The number of rotatable bonds is 2. The van der Waals surface area contributed by atoms with Gasteiger partial charge in [-0.2, -0.15) is 0 Å². The van der Waals surface area contributed by atoms with E-state index in [9.17, 15) is 13.2 Å². The quantitative estimate of drug-likeness (QED) is 0.650. The summed E-state index contributed by atoms with van der Waals surface area (Å²) in [4.78, 5) is 13.1. The standard InChI is InChI=1S/C8H14ClNO3S/c1-7-6-14(12,13)5-4-10(7)8(11)2-3-9/h7H,2-6H2,1H3. The first kappa shape index (κ1) is 11.8. The number of sulfone groups is 1. The van der Waals surface area contributed by atoms with E-state index in [4.69, 9.17) is 11.6 Å². The molecule has 1 unspecified atom stereocenters. The Balaban J connectivity index is 2.62. The lowest BCUT2D eigenvalue weighted by atomic mass is 10.3. The first-order valence-corrected chi connectivity index (χ1v) is 6.88. The molecule has 1 atom stereocenters. The van der Waals surface area contributed by atoms with Crippen LogP contribution in [-0.2, 0) is 14.6 Å². The molecule has 4 nitrogen and oxygen atoms in total. The number of alkyl halides is 1. The number of hydrogen-bond donors (Lipinski definition) is 0. The Morgan fingerprint density at radius 2 is 2.21 bits per heavy atom. The molecule has 1 heterocycles. The van der Waals surface area contributed by atoms with E-state index in [0.717, 1.165) is 0 Å². The summed E-state index contributed by atoms with van der Waals surface area (Å²) in [5.41, 5.74) is 0. The molecular formula is C8H14ClNO3S. The molecule has 1 fully saturated rings. The van der Waals surface area contributed by atoms with E-state index < -0.39 is 9.84 Å². The lowest BCUT2D eigenvalue weighted by Gasteiger charge is -2.33. The highest BCUT2D eigenvalue weighted by atomic mass is 35.5. The molecule has 14 heavy (non-hydrogen) atoms. The van der Waals surface area contributed by atoms with E-state index in [2.05, 4.69) is 0 Å². The van der Waals surface area contributed by atoms with Crippen molar-refractivity contribution in [3.63, 3.8) is 0 Å². The maximum Gasteiger partial charge on any atom is 0.224 e. The summed E-state index contributed by atoms with van der Waals surface area (Å²) in [6.07, 6.45) is 0.284. The van der Waals surface area contributed by atoms with Crippen LogP contribution in [0, 0.1) is 0 Å². The summed E-state index contributed by atoms with van der Waals surface area (Å²) in [5, 5.41) is 0. The van der Waals surface area contributed by atoms with Gasteiger partial charge in [0.1, 0.15) is 0 Å². The van der Waals surface area contributed by atoms with Crippen LogP contribution in [0.4, 0.5) is 0 Å². The lowest BCUT2D eigenvalue weighted by molar-refractivity contribution is -0.132. The van der Waals surface area contributed by atoms with Crippen LogP contribution in [0.3, 0.4) is 0 Å². The molecule has 0 spiro atoms. The molecule has 0 N–H and O–H groups in total. The zero-order valence-electron chi connectivity index (χ0n) is 8.07. The molecule has 0 aromatic rings. The molecule has 0 radical (unpaired) electrons. The van der Waals surface area contributed by atoms with Crippen molar-refractivity contribution in [3.8, 4) is 0 Å². The second-order valence-electron chi connectivity index (χ2n) is 3.49. The van der Waals surface area contributed by atoms with Crippen LogP contribution in [0.25, 0.3) is 0 Å². The highest BCUT2D eigenvalue weighted by Crippen LogP contribution is 2.12. The Labute approximate surface area is 89.1 Å².